The molecule has 0 unspecified atom stereocenters. The SMILES string of the molecule is CCc1nc(C[C@@H]2CN(C(=O)Cn3c(=O)[nH]c4ccccc43)CCO2)no1. The number of aromatic nitrogens is 4. The van der Waals surface area contributed by atoms with Crippen LogP contribution in [0.1, 0.15) is 18.6 Å². The number of imidazole rings is 1. The molecule has 9 nitrogen and oxygen atoms in total. The summed E-state index contributed by atoms with van der Waals surface area (Å²) in [5.41, 5.74) is 1.16. The van der Waals surface area contributed by atoms with Gasteiger partial charge in [-0.3, -0.25) is 9.36 Å². The molecular weight excluding hydrogens is 350 g/mol. The molecule has 142 valence electrons. The smallest absolute Gasteiger partial charge is 0.326 e. The van der Waals surface area contributed by atoms with Crippen molar-refractivity contribution in [3.8, 4) is 0 Å². The quantitative estimate of drug-likeness (QED) is 0.709. The lowest BCUT2D eigenvalue weighted by Gasteiger charge is -2.32. The molecule has 1 amide bonds. The number of carbonyl (C=O) groups excluding carboxylic acids is 1. The minimum atomic E-state index is -0.284. The van der Waals surface area contributed by atoms with Crippen molar-refractivity contribution in [1.82, 2.24) is 24.6 Å². The second-order valence-corrected chi connectivity index (χ2v) is 6.53. The van der Waals surface area contributed by atoms with Crippen LogP contribution in [0.3, 0.4) is 0 Å². The van der Waals surface area contributed by atoms with Gasteiger partial charge in [0, 0.05) is 25.9 Å². The second kappa shape index (κ2) is 7.36. The van der Waals surface area contributed by atoms with Crippen molar-refractivity contribution < 1.29 is 14.1 Å². The molecule has 3 aromatic rings. The summed E-state index contributed by atoms with van der Waals surface area (Å²) in [6, 6.07) is 7.33. The zero-order chi connectivity index (χ0) is 18.8. The van der Waals surface area contributed by atoms with Crippen LogP contribution in [0.5, 0.6) is 0 Å². The minimum absolute atomic E-state index is 0.00222. The molecule has 1 aliphatic rings. The monoisotopic (exact) mass is 371 g/mol. The molecule has 0 bridgehead atoms. The van der Waals surface area contributed by atoms with Crippen molar-refractivity contribution in [3.05, 3.63) is 46.5 Å². The van der Waals surface area contributed by atoms with E-state index in [0.717, 1.165) is 11.0 Å². The Labute approximate surface area is 154 Å². The molecule has 1 aliphatic heterocycles. The standard InChI is InChI=1S/C18H21N5O4/c1-2-16-20-15(21-27-16)9-12-10-22(7-8-26-12)17(24)11-23-14-6-4-3-5-13(14)19-18(23)25/h3-6,12H,2,7-11H2,1H3,(H,19,25)/t12-/m1/s1. The summed E-state index contributed by atoms with van der Waals surface area (Å²) >= 11 is 0. The van der Waals surface area contributed by atoms with E-state index in [1.807, 2.05) is 31.2 Å². The molecular formula is C18H21N5O4. The summed E-state index contributed by atoms with van der Waals surface area (Å²) in [5, 5.41) is 3.94. The van der Waals surface area contributed by atoms with Crippen LogP contribution in [0.15, 0.2) is 33.6 Å². The summed E-state index contributed by atoms with van der Waals surface area (Å²) in [6.07, 6.45) is 0.979. The lowest BCUT2D eigenvalue weighted by Crippen LogP contribution is -2.48. The molecule has 2 aromatic heterocycles. The van der Waals surface area contributed by atoms with Gasteiger partial charge < -0.3 is 19.1 Å². The van der Waals surface area contributed by atoms with Gasteiger partial charge in [-0.25, -0.2) is 4.79 Å². The third-order valence-electron chi connectivity index (χ3n) is 4.69. The van der Waals surface area contributed by atoms with E-state index in [-0.39, 0.29) is 24.2 Å². The maximum atomic E-state index is 12.8. The number of carbonyl (C=O) groups is 1. The number of nitrogens with zero attached hydrogens (tertiary/aromatic N) is 4. The van der Waals surface area contributed by atoms with Crippen LogP contribution < -0.4 is 5.69 Å². The first kappa shape index (κ1) is 17.5. The van der Waals surface area contributed by atoms with Gasteiger partial charge in [-0.05, 0) is 12.1 Å². The highest BCUT2D eigenvalue weighted by atomic mass is 16.5. The predicted molar refractivity (Wildman–Crippen MR) is 96.3 cm³/mol. The van der Waals surface area contributed by atoms with Gasteiger partial charge in [-0.1, -0.05) is 24.2 Å². The molecule has 9 heteroatoms. The topological polar surface area (TPSA) is 106 Å². The molecule has 0 saturated carbocycles. The normalized spacial score (nSPS) is 17.5. The second-order valence-electron chi connectivity index (χ2n) is 6.53. The van der Waals surface area contributed by atoms with E-state index in [4.69, 9.17) is 9.26 Å². The average Bonchev–Trinajstić information content (AvgIpc) is 3.26. The number of nitrogens with one attached hydrogen (secondary N) is 1. The number of H-pyrrole nitrogens is 1. The summed E-state index contributed by atoms with van der Waals surface area (Å²) < 4.78 is 12.3. The Kier molecular flexibility index (Phi) is 4.76. The number of amides is 1. The number of aryl methyl sites for hydroxylation is 1. The Bertz CT molecular complexity index is 1000. The highest BCUT2D eigenvalue weighted by molar-refractivity contribution is 5.80. The minimum Gasteiger partial charge on any atom is -0.374 e. The van der Waals surface area contributed by atoms with Gasteiger partial charge in [0.25, 0.3) is 0 Å². The van der Waals surface area contributed by atoms with E-state index in [2.05, 4.69) is 15.1 Å². The van der Waals surface area contributed by atoms with Gasteiger partial charge in [0.2, 0.25) is 11.8 Å². The van der Waals surface area contributed by atoms with Crippen LogP contribution in [-0.2, 0) is 28.9 Å². The summed E-state index contributed by atoms with van der Waals surface area (Å²) in [4.78, 5) is 33.7. The Morgan fingerprint density at radius 1 is 1.37 bits per heavy atom. The van der Waals surface area contributed by atoms with Crippen molar-refractivity contribution in [2.24, 2.45) is 0 Å². The Balaban J connectivity index is 1.43. The molecule has 27 heavy (non-hydrogen) atoms. The van der Waals surface area contributed by atoms with Crippen LogP contribution in [0, 0.1) is 0 Å². The van der Waals surface area contributed by atoms with Gasteiger partial charge >= 0.3 is 5.69 Å². The molecule has 1 atom stereocenters. The van der Waals surface area contributed by atoms with Crippen LogP contribution in [-0.4, -0.2) is 56.3 Å². The van der Waals surface area contributed by atoms with E-state index < -0.39 is 0 Å². The van der Waals surface area contributed by atoms with Crippen molar-refractivity contribution in [2.45, 2.75) is 32.4 Å². The van der Waals surface area contributed by atoms with E-state index in [1.165, 1.54) is 4.57 Å². The Morgan fingerprint density at radius 3 is 3.04 bits per heavy atom. The van der Waals surface area contributed by atoms with Crippen molar-refractivity contribution in [3.63, 3.8) is 0 Å². The number of morpholine rings is 1. The fourth-order valence-corrected chi connectivity index (χ4v) is 3.29. The van der Waals surface area contributed by atoms with E-state index in [9.17, 15) is 9.59 Å². The van der Waals surface area contributed by atoms with Gasteiger partial charge in [-0.15, -0.1) is 0 Å². The van der Waals surface area contributed by atoms with E-state index >= 15 is 0 Å². The van der Waals surface area contributed by atoms with Gasteiger partial charge in [-0.2, -0.15) is 4.98 Å². The van der Waals surface area contributed by atoms with Crippen molar-refractivity contribution in [1.29, 1.82) is 0 Å². The van der Waals surface area contributed by atoms with Crippen LogP contribution in [0.2, 0.25) is 0 Å². The largest absolute Gasteiger partial charge is 0.374 e. The number of fused-ring (bicyclic) bond motifs is 1. The Hall–Kier alpha value is -2.94. The zero-order valence-electron chi connectivity index (χ0n) is 15.1. The lowest BCUT2D eigenvalue weighted by molar-refractivity contribution is -0.139. The number of hydrogen-bond donors (Lipinski definition) is 1. The highest BCUT2D eigenvalue weighted by Gasteiger charge is 2.26. The van der Waals surface area contributed by atoms with Crippen LogP contribution >= 0.6 is 0 Å². The van der Waals surface area contributed by atoms with Crippen LogP contribution in [0.25, 0.3) is 11.0 Å². The summed E-state index contributed by atoms with van der Waals surface area (Å²) in [6.45, 7) is 3.32. The van der Waals surface area contributed by atoms with E-state index in [0.29, 0.717) is 44.3 Å². The number of para-hydroxylation sites is 2. The number of rotatable bonds is 5. The summed E-state index contributed by atoms with van der Waals surface area (Å²) in [7, 11) is 0. The maximum absolute atomic E-state index is 12.8. The lowest BCUT2D eigenvalue weighted by atomic mass is 10.2. The third kappa shape index (κ3) is 3.63. The molecule has 0 aliphatic carbocycles. The maximum Gasteiger partial charge on any atom is 0.326 e. The van der Waals surface area contributed by atoms with Crippen LogP contribution in [0.4, 0.5) is 0 Å². The first-order chi connectivity index (χ1) is 13.1. The molecule has 4 rings (SSSR count). The predicted octanol–water partition coefficient (Wildman–Crippen LogP) is 0.745. The van der Waals surface area contributed by atoms with Gasteiger partial charge in [0.1, 0.15) is 6.54 Å². The Morgan fingerprint density at radius 2 is 2.22 bits per heavy atom. The first-order valence-corrected chi connectivity index (χ1v) is 9.02. The number of hydrogen-bond acceptors (Lipinski definition) is 6. The molecule has 1 fully saturated rings. The molecule has 0 spiro atoms. The van der Waals surface area contributed by atoms with Gasteiger partial charge in [0.05, 0.1) is 23.7 Å². The summed E-state index contributed by atoms with van der Waals surface area (Å²) in [5.74, 6) is 1.06. The van der Waals surface area contributed by atoms with E-state index in [1.54, 1.807) is 4.90 Å². The number of ether oxygens (including phenoxy) is 1. The number of benzene rings is 1. The molecule has 1 saturated heterocycles. The third-order valence-corrected chi connectivity index (χ3v) is 4.69. The van der Waals surface area contributed by atoms with Crippen molar-refractivity contribution in [2.75, 3.05) is 19.7 Å². The average molecular weight is 371 g/mol. The first-order valence-electron chi connectivity index (χ1n) is 9.02. The molecule has 1 aromatic carbocycles. The fraction of sp³-hybridized carbons (Fsp3) is 0.444. The highest BCUT2D eigenvalue weighted by Crippen LogP contribution is 2.13. The zero-order valence-corrected chi connectivity index (χ0v) is 15.1. The number of aromatic amines is 1. The molecule has 3 heterocycles. The molecule has 1 N–H and O–H groups in total. The van der Waals surface area contributed by atoms with Gasteiger partial charge in [0.15, 0.2) is 5.82 Å². The van der Waals surface area contributed by atoms with Crippen molar-refractivity contribution >= 4 is 16.9 Å². The fourth-order valence-electron chi connectivity index (χ4n) is 3.29. The molecule has 0 radical (unpaired) electrons.